The smallest absolute Gasteiger partial charge is 0.264 e. The Labute approximate surface area is 295 Å². The number of amides is 2. The SMILES string of the molecule is COc1ccc(N(CC(=O)N(Cc2ccccc2C)C(Cc2ccccc2)C(=O)NC2CCCCC2)S(=O)(=O)c2ccc(C)cc2)cc1Cl. The number of anilines is 1. The summed E-state index contributed by atoms with van der Waals surface area (Å²) in [7, 11) is -2.79. The van der Waals surface area contributed by atoms with Gasteiger partial charge in [-0.25, -0.2) is 8.42 Å². The largest absolute Gasteiger partial charge is 0.495 e. The minimum Gasteiger partial charge on any atom is -0.495 e. The van der Waals surface area contributed by atoms with Crippen molar-refractivity contribution >= 4 is 39.1 Å². The maximum atomic E-state index is 14.8. The van der Waals surface area contributed by atoms with Crippen molar-refractivity contribution in [3.8, 4) is 5.75 Å². The lowest BCUT2D eigenvalue weighted by molar-refractivity contribution is -0.140. The van der Waals surface area contributed by atoms with Gasteiger partial charge in [0.25, 0.3) is 10.0 Å². The lowest BCUT2D eigenvalue weighted by atomic mass is 9.94. The molecule has 49 heavy (non-hydrogen) atoms. The maximum Gasteiger partial charge on any atom is 0.264 e. The van der Waals surface area contributed by atoms with E-state index >= 15 is 0 Å². The standard InChI is InChI=1S/C39H44ClN3O5S/c1-28-18-21-34(22-19-28)49(46,47)43(33-20-23-37(48-3)35(40)25-33)27-38(44)42(26-31-15-11-10-12-29(31)2)36(24-30-13-6-4-7-14-30)39(45)41-32-16-8-5-9-17-32/h4,6-7,10-15,18-23,25,32,36H,5,8-9,16-17,24,26-27H2,1-3H3,(H,41,45). The summed E-state index contributed by atoms with van der Waals surface area (Å²) in [6, 6.07) is 27.5. The second kappa shape index (κ2) is 16.4. The first-order chi connectivity index (χ1) is 23.6. The van der Waals surface area contributed by atoms with Gasteiger partial charge >= 0.3 is 0 Å². The minimum absolute atomic E-state index is 0.0230. The Morgan fingerprint density at radius 1 is 0.898 bits per heavy atom. The van der Waals surface area contributed by atoms with Gasteiger partial charge < -0.3 is 15.0 Å². The first-order valence-electron chi connectivity index (χ1n) is 16.7. The van der Waals surface area contributed by atoms with Gasteiger partial charge in [-0.1, -0.05) is 103 Å². The summed E-state index contributed by atoms with van der Waals surface area (Å²) in [6.07, 6.45) is 5.24. The summed E-state index contributed by atoms with van der Waals surface area (Å²) in [6.45, 7) is 3.38. The molecule has 0 radical (unpaired) electrons. The van der Waals surface area contributed by atoms with Crippen molar-refractivity contribution in [2.24, 2.45) is 0 Å². The number of nitrogens with one attached hydrogen (secondary N) is 1. The van der Waals surface area contributed by atoms with E-state index in [0.717, 1.165) is 58.7 Å². The van der Waals surface area contributed by atoms with Crippen molar-refractivity contribution in [2.45, 2.75) is 75.9 Å². The van der Waals surface area contributed by atoms with Crippen molar-refractivity contribution in [3.63, 3.8) is 0 Å². The average Bonchev–Trinajstić information content (AvgIpc) is 3.10. The summed E-state index contributed by atoms with van der Waals surface area (Å²) in [5.41, 5.74) is 3.80. The van der Waals surface area contributed by atoms with Gasteiger partial charge in [0, 0.05) is 19.0 Å². The number of carbonyl (C=O) groups excluding carboxylic acids is 2. The van der Waals surface area contributed by atoms with E-state index in [4.69, 9.17) is 16.3 Å². The van der Waals surface area contributed by atoms with Crippen LogP contribution in [0.15, 0.2) is 102 Å². The molecule has 0 heterocycles. The molecule has 2 amide bonds. The number of ether oxygens (including phenoxy) is 1. The Kier molecular flexibility index (Phi) is 12.0. The highest BCUT2D eigenvalue weighted by Crippen LogP contribution is 2.32. The quantitative estimate of drug-likeness (QED) is 0.159. The molecule has 4 aromatic carbocycles. The van der Waals surface area contributed by atoms with Crippen LogP contribution < -0.4 is 14.4 Å². The Morgan fingerprint density at radius 3 is 2.22 bits per heavy atom. The van der Waals surface area contributed by atoms with Crippen LogP contribution in [0.3, 0.4) is 0 Å². The minimum atomic E-state index is -4.26. The van der Waals surface area contributed by atoms with E-state index in [0.29, 0.717) is 5.75 Å². The molecule has 4 aromatic rings. The fourth-order valence-electron chi connectivity index (χ4n) is 6.25. The first-order valence-corrected chi connectivity index (χ1v) is 18.5. The van der Waals surface area contributed by atoms with E-state index < -0.39 is 28.5 Å². The van der Waals surface area contributed by atoms with Crippen molar-refractivity contribution in [1.29, 1.82) is 0 Å². The number of hydrogen-bond acceptors (Lipinski definition) is 5. The molecule has 0 saturated heterocycles. The van der Waals surface area contributed by atoms with Gasteiger partial charge in [0.2, 0.25) is 11.8 Å². The molecular weight excluding hydrogens is 658 g/mol. The lowest BCUT2D eigenvalue weighted by Crippen LogP contribution is -2.55. The van der Waals surface area contributed by atoms with Gasteiger partial charge in [-0.2, -0.15) is 0 Å². The summed E-state index contributed by atoms with van der Waals surface area (Å²) in [5, 5.41) is 3.44. The zero-order valence-corrected chi connectivity index (χ0v) is 29.8. The van der Waals surface area contributed by atoms with Crippen LogP contribution in [0.2, 0.25) is 5.02 Å². The van der Waals surface area contributed by atoms with Gasteiger partial charge in [-0.3, -0.25) is 13.9 Å². The number of halogens is 1. The summed E-state index contributed by atoms with van der Waals surface area (Å²) in [5.74, 6) is -0.406. The van der Waals surface area contributed by atoms with Gasteiger partial charge in [0.05, 0.1) is 22.7 Å². The molecule has 0 spiro atoms. The molecule has 1 aliphatic carbocycles. The van der Waals surface area contributed by atoms with E-state index in [2.05, 4.69) is 5.32 Å². The molecule has 258 valence electrons. The van der Waals surface area contributed by atoms with Crippen LogP contribution in [0, 0.1) is 13.8 Å². The van der Waals surface area contributed by atoms with E-state index in [1.807, 2.05) is 68.4 Å². The predicted molar refractivity (Wildman–Crippen MR) is 194 cm³/mol. The fraction of sp³-hybridized carbons (Fsp3) is 0.333. The molecule has 0 bridgehead atoms. The summed E-state index contributed by atoms with van der Waals surface area (Å²) in [4.78, 5) is 30.6. The van der Waals surface area contributed by atoms with Gasteiger partial charge in [0.1, 0.15) is 18.3 Å². The lowest BCUT2D eigenvalue weighted by Gasteiger charge is -2.35. The second-order valence-electron chi connectivity index (χ2n) is 12.6. The number of aryl methyl sites for hydroxylation is 2. The van der Waals surface area contributed by atoms with Gasteiger partial charge in [-0.15, -0.1) is 0 Å². The number of carbonyl (C=O) groups is 2. The number of nitrogens with zero attached hydrogens (tertiary/aromatic N) is 2. The van der Waals surface area contributed by atoms with Crippen LogP contribution in [0.25, 0.3) is 0 Å². The van der Waals surface area contributed by atoms with E-state index in [9.17, 15) is 18.0 Å². The Bertz CT molecular complexity index is 1840. The van der Waals surface area contributed by atoms with E-state index in [1.165, 1.54) is 30.2 Å². The molecule has 8 nitrogen and oxygen atoms in total. The average molecular weight is 702 g/mol. The number of rotatable bonds is 13. The topological polar surface area (TPSA) is 96.0 Å². The van der Waals surface area contributed by atoms with Crippen LogP contribution in [-0.4, -0.2) is 50.9 Å². The molecule has 0 aliphatic heterocycles. The number of benzene rings is 4. The first kappa shape index (κ1) is 36.0. The van der Waals surface area contributed by atoms with Crippen LogP contribution in [0.1, 0.15) is 54.4 Å². The van der Waals surface area contributed by atoms with Crippen molar-refractivity contribution in [3.05, 3.63) is 124 Å². The Balaban J connectivity index is 1.59. The molecule has 5 rings (SSSR count). The normalized spacial score (nSPS) is 14.1. The highest BCUT2D eigenvalue weighted by molar-refractivity contribution is 7.92. The molecule has 0 aromatic heterocycles. The summed E-state index contributed by atoms with van der Waals surface area (Å²) < 4.78 is 35.1. The molecule has 1 unspecified atom stereocenters. The molecule has 1 fully saturated rings. The van der Waals surface area contributed by atoms with E-state index in [1.54, 1.807) is 24.3 Å². The monoisotopic (exact) mass is 701 g/mol. The second-order valence-corrected chi connectivity index (χ2v) is 14.9. The van der Waals surface area contributed by atoms with Gasteiger partial charge in [-0.05, 0) is 73.7 Å². The highest BCUT2D eigenvalue weighted by Gasteiger charge is 2.36. The van der Waals surface area contributed by atoms with Crippen LogP contribution >= 0.6 is 11.6 Å². The fourth-order valence-corrected chi connectivity index (χ4v) is 7.90. The molecular formula is C39H44ClN3O5S. The third-order valence-electron chi connectivity index (χ3n) is 9.14. The highest BCUT2D eigenvalue weighted by atomic mass is 35.5. The molecule has 1 atom stereocenters. The van der Waals surface area contributed by atoms with Crippen molar-refractivity contribution in [2.75, 3.05) is 18.0 Å². The molecule has 10 heteroatoms. The van der Waals surface area contributed by atoms with Crippen LogP contribution in [-0.2, 0) is 32.6 Å². The predicted octanol–water partition coefficient (Wildman–Crippen LogP) is 7.25. The summed E-state index contributed by atoms with van der Waals surface area (Å²) >= 11 is 6.49. The molecule has 1 aliphatic rings. The number of sulfonamides is 1. The molecule has 1 saturated carbocycles. The Hall–Kier alpha value is -4.34. The number of hydrogen-bond donors (Lipinski definition) is 1. The van der Waals surface area contributed by atoms with Crippen LogP contribution in [0.4, 0.5) is 5.69 Å². The number of methoxy groups -OCH3 is 1. The third kappa shape index (κ3) is 9.02. The zero-order valence-electron chi connectivity index (χ0n) is 28.3. The zero-order chi connectivity index (χ0) is 35.0. The van der Waals surface area contributed by atoms with Crippen LogP contribution in [0.5, 0.6) is 5.75 Å². The van der Waals surface area contributed by atoms with Crippen molar-refractivity contribution < 1.29 is 22.7 Å². The van der Waals surface area contributed by atoms with E-state index in [-0.39, 0.29) is 40.5 Å². The molecule has 1 N–H and O–H groups in total. The Morgan fingerprint density at radius 2 is 1.57 bits per heavy atom. The maximum absolute atomic E-state index is 14.8. The van der Waals surface area contributed by atoms with Crippen molar-refractivity contribution in [1.82, 2.24) is 10.2 Å². The third-order valence-corrected chi connectivity index (χ3v) is 11.2. The van der Waals surface area contributed by atoms with Gasteiger partial charge in [0.15, 0.2) is 0 Å².